The summed E-state index contributed by atoms with van der Waals surface area (Å²) in [7, 11) is -3.98. The van der Waals surface area contributed by atoms with Crippen molar-refractivity contribution in [2.75, 3.05) is 31.1 Å². The first-order valence-corrected chi connectivity index (χ1v) is 11.7. The van der Waals surface area contributed by atoms with Crippen molar-refractivity contribution in [2.45, 2.75) is 4.90 Å². The standard InChI is InChI=1S/C20H17Cl2N5O4S/c21-16-4-2-1-3-15(16)18-7-8-20(24-23-18)25-9-11-26(12-10-25)32(30,31)19-13-14(27(28)29)5-6-17(19)22/h1-8,13H,9-12H2. The molecule has 1 aliphatic rings. The third-order valence-corrected chi connectivity index (χ3v) is 7.82. The number of hydrogen-bond acceptors (Lipinski definition) is 7. The Bertz CT molecular complexity index is 1260. The van der Waals surface area contributed by atoms with E-state index >= 15 is 0 Å². The van der Waals surface area contributed by atoms with E-state index in [0.29, 0.717) is 29.6 Å². The van der Waals surface area contributed by atoms with Crippen LogP contribution in [-0.2, 0) is 10.0 Å². The van der Waals surface area contributed by atoms with Crippen molar-refractivity contribution >= 4 is 44.7 Å². The van der Waals surface area contributed by atoms with Crippen molar-refractivity contribution in [2.24, 2.45) is 0 Å². The Morgan fingerprint density at radius 3 is 2.25 bits per heavy atom. The van der Waals surface area contributed by atoms with E-state index in [2.05, 4.69) is 10.2 Å². The highest BCUT2D eigenvalue weighted by atomic mass is 35.5. The molecule has 9 nitrogen and oxygen atoms in total. The van der Waals surface area contributed by atoms with Gasteiger partial charge in [0.05, 0.1) is 20.7 Å². The van der Waals surface area contributed by atoms with Gasteiger partial charge < -0.3 is 4.90 Å². The predicted molar refractivity (Wildman–Crippen MR) is 122 cm³/mol. The van der Waals surface area contributed by atoms with Crippen molar-refractivity contribution in [3.05, 3.63) is 74.8 Å². The zero-order valence-electron chi connectivity index (χ0n) is 16.6. The monoisotopic (exact) mass is 493 g/mol. The molecule has 12 heteroatoms. The van der Waals surface area contributed by atoms with Crippen LogP contribution in [0.1, 0.15) is 0 Å². The fraction of sp³-hybridized carbons (Fsp3) is 0.200. The summed E-state index contributed by atoms with van der Waals surface area (Å²) in [5, 5.41) is 20.1. The van der Waals surface area contributed by atoms with Crippen LogP contribution in [0.3, 0.4) is 0 Å². The maximum atomic E-state index is 13.0. The highest BCUT2D eigenvalue weighted by Crippen LogP contribution is 2.30. The Hall–Kier alpha value is -2.79. The molecule has 4 rings (SSSR count). The van der Waals surface area contributed by atoms with Gasteiger partial charge in [0.2, 0.25) is 10.0 Å². The molecule has 0 saturated carbocycles. The Labute approximate surface area is 194 Å². The first-order chi connectivity index (χ1) is 15.3. The van der Waals surface area contributed by atoms with Gasteiger partial charge in [-0.1, -0.05) is 41.4 Å². The molecular weight excluding hydrogens is 477 g/mol. The lowest BCUT2D eigenvalue weighted by atomic mass is 10.1. The summed E-state index contributed by atoms with van der Waals surface area (Å²) in [6.45, 7) is 1.11. The topological polar surface area (TPSA) is 110 Å². The van der Waals surface area contributed by atoms with Crippen LogP contribution < -0.4 is 4.90 Å². The zero-order chi connectivity index (χ0) is 22.9. The summed E-state index contributed by atoms with van der Waals surface area (Å²) in [5.74, 6) is 0.617. The molecule has 1 saturated heterocycles. The minimum Gasteiger partial charge on any atom is -0.352 e. The van der Waals surface area contributed by atoms with Crippen LogP contribution in [0.2, 0.25) is 10.0 Å². The van der Waals surface area contributed by atoms with Gasteiger partial charge in [-0.05, 0) is 24.3 Å². The van der Waals surface area contributed by atoms with Crippen LogP contribution in [0.25, 0.3) is 11.3 Å². The van der Waals surface area contributed by atoms with E-state index in [0.717, 1.165) is 11.6 Å². The van der Waals surface area contributed by atoms with E-state index in [-0.39, 0.29) is 28.7 Å². The second-order valence-electron chi connectivity index (χ2n) is 7.02. The summed E-state index contributed by atoms with van der Waals surface area (Å²) >= 11 is 12.2. The average molecular weight is 494 g/mol. The molecule has 0 radical (unpaired) electrons. The molecule has 0 amide bonds. The molecular formula is C20H17Cl2N5O4S. The van der Waals surface area contributed by atoms with Crippen molar-refractivity contribution in [3.63, 3.8) is 0 Å². The number of halogens is 2. The predicted octanol–water partition coefficient (Wildman–Crippen LogP) is 3.87. The number of hydrogen-bond donors (Lipinski definition) is 0. The molecule has 1 fully saturated rings. The van der Waals surface area contributed by atoms with Crippen LogP contribution in [0.5, 0.6) is 0 Å². The number of rotatable bonds is 5. The van der Waals surface area contributed by atoms with Crippen molar-refractivity contribution in [1.82, 2.24) is 14.5 Å². The summed E-state index contributed by atoms with van der Waals surface area (Å²) in [5.41, 5.74) is 1.08. The molecule has 0 unspecified atom stereocenters. The number of benzene rings is 2. The molecule has 0 bridgehead atoms. The SMILES string of the molecule is O=[N+]([O-])c1ccc(Cl)c(S(=O)(=O)N2CCN(c3ccc(-c4ccccc4Cl)nn3)CC2)c1. The fourth-order valence-corrected chi connectivity index (χ4v) is 5.56. The summed E-state index contributed by atoms with van der Waals surface area (Å²) in [4.78, 5) is 12.0. The van der Waals surface area contributed by atoms with Crippen LogP contribution in [-0.4, -0.2) is 54.0 Å². The lowest BCUT2D eigenvalue weighted by Crippen LogP contribution is -2.49. The van der Waals surface area contributed by atoms with E-state index < -0.39 is 14.9 Å². The first-order valence-electron chi connectivity index (χ1n) is 9.55. The van der Waals surface area contributed by atoms with Gasteiger partial charge in [-0.15, -0.1) is 10.2 Å². The summed E-state index contributed by atoms with van der Waals surface area (Å²) in [6.07, 6.45) is 0. The third-order valence-electron chi connectivity index (χ3n) is 5.11. The average Bonchev–Trinajstić information content (AvgIpc) is 2.79. The van der Waals surface area contributed by atoms with E-state index in [1.165, 1.54) is 16.4 Å². The zero-order valence-corrected chi connectivity index (χ0v) is 18.9. The lowest BCUT2D eigenvalue weighted by Gasteiger charge is -2.34. The number of non-ortho nitro benzene ring substituents is 1. The van der Waals surface area contributed by atoms with Crippen molar-refractivity contribution in [1.29, 1.82) is 0 Å². The van der Waals surface area contributed by atoms with Gasteiger partial charge in [-0.2, -0.15) is 4.31 Å². The van der Waals surface area contributed by atoms with Gasteiger partial charge in [-0.25, -0.2) is 8.42 Å². The Morgan fingerprint density at radius 2 is 1.62 bits per heavy atom. The van der Waals surface area contributed by atoms with Gasteiger partial charge in [0.25, 0.3) is 5.69 Å². The minimum absolute atomic E-state index is 0.0564. The summed E-state index contributed by atoms with van der Waals surface area (Å²) < 4.78 is 27.3. The van der Waals surface area contributed by atoms with Crippen LogP contribution >= 0.6 is 23.2 Å². The molecule has 3 aromatic rings. The Kier molecular flexibility index (Phi) is 6.29. The largest absolute Gasteiger partial charge is 0.352 e. The maximum Gasteiger partial charge on any atom is 0.270 e. The number of anilines is 1. The molecule has 2 aromatic carbocycles. The quantitative estimate of drug-likeness (QED) is 0.391. The number of sulfonamides is 1. The highest BCUT2D eigenvalue weighted by molar-refractivity contribution is 7.89. The lowest BCUT2D eigenvalue weighted by molar-refractivity contribution is -0.385. The van der Waals surface area contributed by atoms with Gasteiger partial charge in [-0.3, -0.25) is 10.1 Å². The van der Waals surface area contributed by atoms with Gasteiger partial charge in [0.1, 0.15) is 4.90 Å². The van der Waals surface area contributed by atoms with E-state index in [1.807, 2.05) is 35.2 Å². The molecule has 0 N–H and O–H groups in total. The van der Waals surface area contributed by atoms with Gasteiger partial charge in [0.15, 0.2) is 5.82 Å². The second-order valence-corrected chi connectivity index (χ2v) is 9.74. The van der Waals surface area contributed by atoms with Crippen molar-refractivity contribution < 1.29 is 13.3 Å². The van der Waals surface area contributed by atoms with Crippen LogP contribution in [0.15, 0.2) is 59.5 Å². The number of nitro groups is 1. The van der Waals surface area contributed by atoms with E-state index in [1.54, 1.807) is 6.07 Å². The van der Waals surface area contributed by atoms with E-state index in [4.69, 9.17) is 23.2 Å². The molecule has 0 aliphatic carbocycles. The molecule has 0 atom stereocenters. The Morgan fingerprint density at radius 1 is 0.906 bits per heavy atom. The first kappa shape index (κ1) is 22.4. The number of aromatic nitrogens is 2. The number of piperazine rings is 1. The van der Waals surface area contributed by atoms with Gasteiger partial charge in [0, 0.05) is 43.9 Å². The molecule has 2 heterocycles. The van der Waals surface area contributed by atoms with Crippen LogP contribution in [0, 0.1) is 10.1 Å². The third kappa shape index (κ3) is 4.40. The number of nitrogens with zero attached hydrogens (tertiary/aromatic N) is 5. The van der Waals surface area contributed by atoms with Crippen LogP contribution in [0.4, 0.5) is 11.5 Å². The molecule has 0 spiro atoms. The van der Waals surface area contributed by atoms with Gasteiger partial charge >= 0.3 is 0 Å². The molecule has 32 heavy (non-hydrogen) atoms. The van der Waals surface area contributed by atoms with E-state index in [9.17, 15) is 18.5 Å². The minimum atomic E-state index is -3.98. The maximum absolute atomic E-state index is 13.0. The summed E-state index contributed by atoms with van der Waals surface area (Å²) in [6, 6.07) is 14.3. The fourth-order valence-electron chi connectivity index (χ4n) is 3.41. The smallest absolute Gasteiger partial charge is 0.270 e. The highest BCUT2D eigenvalue weighted by Gasteiger charge is 2.31. The molecule has 166 valence electrons. The molecule has 1 aromatic heterocycles. The molecule has 1 aliphatic heterocycles. The van der Waals surface area contributed by atoms with Crippen molar-refractivity contribution in [3.8, 4) is 11.3 Å². The number of nitro benzene ring substituents is 1. The Balaban J connectivity index is 1.48. The second kappa shape index (κ2) is 8.99. The normalized spacial score (nSPS) is 15.0.